The maximum absolute atomic E-state index is 12.3. The Morgan fingerprint density at radius 3 is 2.67 bits per heavy atom. The minimum atomic E-state index is -0.519. The molecule has 5 heteroatoms. The first kappa shape index (κ1) is 17.1. The van der Waals surface area contributed by atoms with Crippen LogP contribution in [0.3, 0.4) is 0 Å². The zero-order valence-electron chi connectivity index (χ0n) is 13.7. The summed E-state index contributed by atoms with van der Waals surface area (Å²) in [5.74, 6) is -0.473. The Labute approximate surface area is 141 Å². The Balaban J connectivity index is 2.23. The number of benzene rings is 2. The molecule has 0 aliphatic heterocycles. The first-order valence-corrected chi connectivity index (χ1v) is 7.59. The summed E-state index contributed by atoms with van der Waals surface area (Å²) in [6, 6.07) is 16.0. The minimum Gasteiger partial charge on any atom is -0.508 e. The molecule has 0 aliphatic rings. The number of carbonyl (C=O) groups is 1. The molecule has 0 bridgehead atoms. The molecule has 1 amide bonds. The Bertz CT molecular complexity index is 806. The Morgan fingerprint density at radius 1 is 1.29 bits per heavy atom. The molecular weight excluding hydrogens is 302 g/mol. The van der Waals surface area contributed by atoms with Crippen LogP contribution in [0.15, 0.2) is 60.3 Å². The predicted molar refractivity (Wildman–Crippen MR) is 94.6 cm³/mol. The third-order valence-electron chi connectivity index (χ3n) is 3.43. The monoisotopic (exact) mass is 321 g/mol. The lowest BCUT2D eigenvalue weighted by atomic mass is 10.2. The average Bonchev–Trinajstić information content (AvgIpc) is 2.56. The van der Waals surface area contributed by atoms with Gasteiger partial charge in [-0.15, -0.1) is 0 Å². The molecule has 2 N–H and O–H groups in total. The number of hydrogen-bond donors (Lipinski definition) is 2. The van der Waals surface area contributed by atoms with Gasteiger partial charge in [-0.2, -0.15) is 5.26 Å². The van der Waals surface area contributed by atoms with Crippen molar-refractivity contribution in [3.05, 3.63) is 65.9 Å². The van der Waals surface area contributed by atoms with E-state index in [2.05, 4.69) is 5.32 Å². The van der Waals surface area contributed by atoms with Gasteiger partial charge >= 0.3 is 0 Å². The van der Waals surface area contributed by atoms with E-state index in [-0.39, 0.29) is 11.3 Å². The molecule has 2 rings (SSSR count). The summed E-state index contributed by atoms with van der Waals surface area (Å²) in [6.45, 7) is 4.55. The second kappa shape index (κ2) is 7.84. The highest BCUT2D eigenvalue weighted by Crippen LogP contribution is 2.19. The summed E-state index contributed by atoms with van der Waals surface area (Å²) in [5.41, 5.74) is 2.43. The summed E-state index contributed by atoms with van der Waals surface area (Å²) < 4.78 is 0. The summed E-state index contributed by atoms with van der Waals surface area (Å²) in [6.07, 6.45) is 1.53. The fraction of sp³-hybridized carbons (Fsp3) is 0.158. The van der Waals surface area contributed by atoms with Gasteiger partial charge in [0.1, 0.15) is 17.4 Å². The van der Waals surface area contributed by atoms with E-state index < -0.39 is 5.91 Å². The molecule has 0 saturated carbocycles. The van der Waals surface area contributed by atoms with Crippen molar-refractivity contribution in [2.24, 2.45) is 0 Å². The lowest BCUT2D eigenvalue weighted by Crippen LogP contribution is -2.20. The molecule has 0 aromatic heterocycles. The van der Waals surface area contributed by atoms with Gasteiger partial charge in [0.2, 0.25) is 0 Å². The van der Waals surface area contributed by atoms with Gasteiger partial charge < -0.3 is 15.3 Å². The van der Waals surface area contributed by atoms with Crippen LogP contribution in [0.4, 0.5) is 11.4 Å². The van der Waals surface area contributed by atoms with Crippen molar-refractivity contribution in [2.45, 2.75) is 13.8 Å². The molecule has 0 aliphatic carbocycles. The number of aromatic hydroxyl groups is 1. The fourth-order valence-corrected chi connectivity index (χ4v) is 2.23. The number of hydrogen-bond acceptors (Lipinski definition) is 4. The number of nitriles is 1. The van der Waals surface area contributed by atoms with Crippen molar-refractivity contribution in [1.82, 2.24) is 0 Å². The molecule has 0 heterocycles. The van der Waals surface area contributed by atoms with Crippen LogP contribution in [0.1, 0.15) is 12.5 Å². The van der Waals surface area contributed by atoms with Crippen LogP contribution in [0.2, 0.25) is 0 Å². The smallest absolute Gasteiger partial charge is 0.267 e. The van der Waals surface area contributed by atoms with Gasteiger partial charge in [0.25, 0.3) is 5.91 Å². The predicted octanol–water partition coefficient (Wildman–Crippen LogP) is 3.57. The van der Waals surface area contributed by atoms with Crippen LogP contribution in [0, 0.1) is 18.3 Å². The molecule has 0 fully saturated rings. The molecule has 24 heavy (non-hydrogen) atoms. The van der Waals surface area contributed by atoms with Crippen molar-refractivity contribution in [3.8, 4) is 11.8 Å². The van der Waals surface area contributed by atoms with Crippen LogP contribution < -0.4 is 10.2 Å². The van der Waals surface area contributed by atoms with E-state index in [1.807, 2.05) is 49.1 Å². The molecule has 0 radical (unpaired) electrons. The molecular formula is C19H19N3O2. The topological polar surface area (TPSA) is 76.4 Å². The summed E-state index contributed by atoms with van der Waals surface area (Å²) >= 11 is 0. The average molecular weight is 321 g/mol. The number of carbonyl (C=O) groups excluding carboxylic acids is 1. The molecule has 2 aromatic carbocycles. The van der Waals surface area contributed by atoms with Crippen molar-refractivity contribution < 1.29 is 9.90 Å². The van der Waals surface area contributed by atoms with E-state index in [0.717, 1.165) is 11.3 Å². The standard InChI is InChI=1S/C19H19N3O2/c1-3-22(17-8-4-6-14(2)10-17)13-15(12-20)19(24)21-16-7-5-9-18(23)11-16/h4-11,13,23H,3H2,1-2H3,(H,21,24)/b15-13-. The lowest BCUT2D eigenvalue weighted by molar-refractivity contribution is -0.112. The third-order valence-corrected chi connectivity index (χ3v) is 3.43. The zero-order chi connectivity index (χ0) is 17.5. The minimum absolute atomic E-state index is 0.0123. The molecule has 0 atom stereocenters. The van der Waals surface area contributed by atoms with Gasteiger partial charge in [-0.3, -0.25) is 4.79 Å². The second-order valence-electron chi connectivity index (χ2n) is 5.28. The van der Waals surface area contributed by atoms with E-state index in [0.29, 0.717) is 12.2 Å². The van der Waals surface area contributed by atoms with Crippen molar-refractivity contribution in [2.75, 3.05) is 16.8 Å². The van der Waals surface area contributed by atoms with Crippen LogP contribution in [-0.4, -0.2) is 17.6 Å². The van der Waals surface area contributed by atoms with Gasteiger partial charge in [0.15, 0.2) is 0 Å². The molecule has 122 valence electrons. The van der Waals surface area contributed by atoms with E-state index >= 15 is 0 Å². The van der Waals surface area contributed by atoms with Crippen molar-refractivity contribution in [1.29, 1.82) is 5.26 Å². The number of nitrogens with one attached hydrogen (secondary N) is 1. The van der Waals surface area contributed by atoms with Crippen LogP contribution >= 0.6 is 0 Å². The summed E-state index contributed by atoms with van der Waals surface area (Å²) in [7, 11) is 0. The lowest BCUT2D eigenvalue weighted by Gasteiger charge is -2.19. The summed E-state index contributed by atoms with van der Waals surface area (Å²) in [5, 5.41) is 21.4. The molecule has 2 aromatic rings. The highest BCUT2D eigenvalue weighted by atomic mass is 16.3. The number of phenols is 1. The van der Waals surface area contributed by atoms with Crippen LogP contribution in [0.25, 0.3) is 0 Å². The van der Waals surface area contributed by atoms with Gasteiger partial charge in [-0.1, -0.05) is 18.2 Å². The quantitative estimate of drug-likeness (QED) is 0.652. The SMILES string of the molecule is CCN(/C=C(/C#N)C(=O)Nc1cccc(O)c1)c1cccc(C)c1. The van der Waals surface area contributed by atoms with E-state index in [9.17, 15) is 15.2 Å². The van der Waals surface area contributed by atoms with Crippen LogP contribution in [-0.2, 0) is 4.79 Å². The van der Waals surface area contributed by atoms with Crippen molar-refractivity contribution >= 4 is 17.3 Å². The number of amides is 1. The number of anilines is 2. The first-order chi connectivity index (χ1) is 11.5. The van der Waals surface area contributed by atoms with Crippen molar-refractivity contribution in [3.63, 3.8) is 0 Å². The number of nitrogens with zero attached hydrogens (tertiary/aromatic N) is 2. The van der Waals surface area contributed by atoms with Gasteiger partial charge in [-0.25, -0.2) is 0 Å². The highest BCUT2D eigenvalue weighted by Gasteiger charge is 2.12. The fourth-order valence-electron chi connectivity index (χ4n) is 2.23. The number of rotatable bonds is 5. The summed E-state index contributed by atoms with van der Waals surface area (Å²) in [4.78, 5) is 14.1. The van der Waals surface area contributed by atoms with Gasteiger partial charge in [0, 0.05) is 30.2 Å². The maximum Gasteiger partial charge on any atom is 0.267 e. The first-order valence-electron chi connectivity index (χ1n) is 7.59. The van der Waals surface area contributed by atoms with E-state index in [1.54, 1.807) is 12.1 Å². The Kier molecular flexibility index (Phi) is 5.58. The van der Waals surface area contributed by atoms with E-state index in [1.165, 1.54) is 18.3 Å². The molecule has 0 unspecified atom stereocenters. The van der Waals surface area contributed by atoms with Crippen LogP contribution in [0.5, 0.6) is 5.75 Å². The normalized spacial score (nSPS) is 10.8. The third kappa shape index (κ3) is 4.37. The second-order valence-corrected chi connectivity index (χ2v) is 5.28. The van der Waals surface area contributed by atoms with E-state index in [4.69, 9.17) is 0 Å². The largest absolute Gasteiger partial charge is 0.508 e. The number of aryl methyl sites for hydroxylation is 1. The molecule has 0 spiro atoms. The zero-order valence-corrected chi connectivity index (χ0v) is 13.7. The molecule has 0 saturated heterocycles. The Hall–Kier alpha value is -3.26. The Morgan fingerprint density at radius 2 is 2.04 bits per heavy atom. The van der Waals surface area contributed by atoms with Gasteiger partial charge in [-0.05, 0) is 43.7 Å². The van der Waals surface area contributed by atoms with Gasteiger partial charge in [0.05, 0.1) is 0 Å². The highest BCUT2D eigenvalue weighted by molar-refractivity contribution is 6.06. The maximum atomic E-state index is 12.3. The molecule has 5 nitrogen and oxygen atoms in total. The number of phenolic OH excluding ortho intramolecular Hbond substituents is 1.